The van der Waals surface area contributed by atoms with Crippen molar-refractivity contribution in [3.63, 3.8) is 0 Å². The van der Waals surface area contributed by atoms with Gasteiger partial charge in [-0.25, -0.2) is 0 Å². The molecule has 1 heterocycles. The second kappa shape index (κ2) is 9.23. The van der Waals surface area contributed by atoms with Gasteiger partial charge in [-0.05, 0) is 53.0 Å². The number of nitrogens with zero attached hydrogens (tertiary/aromatic N) is 2. The van der Waals surface area contributed by atoms with Gasteiger partial charge < -0.3 is 4.57 Å². The first-order valence-electron chi connectivity index (χ1n) is 12.3. The lowest BCUT2D eigenvalue weighted by Gasteiger charge is -2.24. The predicted molar refractivity (Wildman–Crippen MR) is 148 cm³/mol. The summed E-state index contributed by atoms with van der Waals surface area (Å²) in [5, 5.41) is 1.32. The zero-order chi connectivity index (χ0) is 23.6. The van der Waals surface area contributed by atoms with Crippen LogP contribution in [0.25, 0.3) is 28.2 Å². The lowest BCUT2D eigenvalue weighted by atomic mass is 9.85. The number of rotatable bonds is 5. The molecule has 0 bridgehead atoms. The molecule has 0 saturated heterocycles. The molecule has 170 valence electrons. The summed E-state index contributed by atoms with van der Waals surface area (Å²) in [6.45, 7) is 3.04. The van der Waals surface area contributed by atoms with Crippen LogP contribution in [0.4, 0.5) is 0 Å². The number of hydrogen-bond donors (Lipinski definition) is 0. The van der Waals surface area contributed by atoms with Crippen LogP contribution in [0.5, 0.6) is 0 Å². The minimum absolute atomic E-state index is 0.424. The number of aromatic nitrogens is 1. The Hall–Kier alpha value is -4.17. The Kier molecular flexibility index (Phi) is 5.64. The Morgan fingerprint density at radius 1 is 0.800 bits per heavy atom. The highest BCUT2D eigenvalue weighted by Gasteiger charge is 2.26. The van der Waals surface area contributed by atoms with Crippen molar-refractivity contribution in [2.45, 2.75) is 25.8 Å². The summed E-state index contributed by atoms with van der Waals surface area (Å²) in [6, 6.07) is 38.7. The van der Waals surface area contributed by atoms with Gasteiger partial charge in [0.1, 0.15) is 0 Å². The van der Waals surface area contributed by atoms with Gasteiger partial charge in [0.25, 0.3) is 0 Å². The van der Waals surface area contributed by atoms with Crippen LogP contribution in [-0.2, 0) is 6.54 Å². The lowest BCUT2D eigenvalue weighted by Crippen LogP contribution is -2.09. The van der Waals surface area contributed by atoms with Crippen molar-refractivity contribution in [2.75, 3.05) is 0 Å². The third-order valence-corrected chi connectivity index (χ3v) is 6.92. The molecule has 0 amide bonds. The topological polar surface area (TPSA) is 17.3 Å². The normalized spacial score (nSPS) is 15.3. The number of fused-ring (bicyclic) bond motifs is 3. The molecule has 0 aliphatic heterocycles. The fraction of sp³-hybridized carbons (Fsp3) is 0.121. The van der Waals surface area contributed by atoms with E-state index in [0.717, 1.165) is 12.0 Å². The maximum Gasteiger partial charge on any atom is 0.0640 e. The number of hydrogen-bond acceptors (Lipinski definition) is 1. The predicted octanol–water partition coefficient (Wildman–Crippen LogP) is 8.30. The highest BCUT2D eigenvalue weighted by Crippen LogP contribution is 2.43. The Labute approximate surface area is 206 Å². The Balaban J connectivity index is 1.37. The highest BCUT2D eigenvalue weighted by molar-refractivity contribution is 5.99. The Morgan fingerprint density at radius 2 is 1.49 bits per heavy atom. The molecule has 35 heavy (non-hydrogen) atoms. The number of aliphatic imine (C=N–C) groups is 1. The van der Waals surface area contributed by atoms with Crippen LogP contribution in [-0.4, -0.2) is 10.8 Å². The average molecular weight is 453 g/mol. The fourth-order valence-corrected chi connectivity index (χ4v) is 5.26. The standard InChI is InChI=1S/C33H28N2/c1-24-20-28(27-12-6-3-7-13-27)21-31-30-14-8-9-15-32(30)35(33(24)31)29-18-16-26(17-19-29)23-34-22-25-10-4-2-5-11-25/h2-19,21-22,24H,20,23H2,1H3/b34-22-. The zero-order valence-electron chi connectivity index (χ0n) is 19.9. The van der Waals surface area contributed by atoms with Crippen molar-refractivity contribution in [2.24, 2.45) is 4.99 Å². The maximum atomic E-state index is 4.63. The van der Waals surface area contributed by atoms with Crippen molar-refractivity contribution >= 4 is 28.8 Å². The molecule has 1 aliphatic carbocycles. The monoisotopic (exact) mass is 452 g/mol. The first-order valence-corrected chi connectivity index (χ1v) is 12.3. The fourth-order valence-electron chi connectivity index (χ4n) is 5.26. The Bertz CT molecular complexity index is 1520. The van der Waals surface area contributed by atoms with Gasteiger partial charge in [-0.1, -0.05) is 97.9 Å². The molecule has 1 unspecified atom stereocenters. The summed E-state index contributed by atoms with van der Waals surface area (Å²) in [5.74, 6) is 0.424. The van der Waals surface area contributed by atoms with E-state index in [2.05, 4.69) is 114 Å². The largest absolute Gasteiger partial charge is 0.313 e. The molecule has 5 aromatic rings. The third kappa shape index (κ3) is 4.13. The second-order valence-corrected chi connectivity index (χ2v) is 9.34. The van der Waals surface area contributed by atoms with E-state index in [-0.39, 0.29) is 0 Å². The molecule has 0 radical (unpaired) electrons. The highest BCUT2D eigenvalue weighted by atomic mass is 15.0. The van der Waals surface area contributed by atoms with E-state index in [9.17, 15) is 0 Å². The quantitative estimate of drug-likeness (QED) is 0.239. The van der Waals surface area contributed by atoms with Crippen LogP contribution in [0, 0.1) is 0 Å². The number of benzene rings is 4. The van der Waals surface area contributed by atoms with Crippen LogP contribution in [0.2, 0.25) is 0 Å². The van der Waals surface area contributed by atoms with E-state index >= 15 is 0 Å². The molecule has 4 aromatic carbocycles. The van der Waals surface area contributed by atoms with Gasteiger partial charge in [-0.3, -0.25) is 4.99 Å². The summed E-state index contributed by atoms with van der Waals surface area (Å²) >= 11 is 0. The van der Waals surface area contributed by atoms with Crippen LogP contribution in [0.15, 0.2) is 114 Å². The smallest absolute Gasteiger partial charge is 0.0640 e. The molecule has 1 aliphatic rings. The molecule has 0 saturated carbocycles. The molecule has 2 heteroatoms. The van der Waals surface area contributed by atoms with Crippen molar-refractivity contribution in [3.05, 3.63) is 137 Å². The maximum absolute atomic E-state index is 4.63. The number of para-hydroxylation sites is 1. The summed E-state index contributed by atoms with van der Waals surface area (Å²) in [6.07, 6.45) is 5.40. The van der Waals surface area contributed by atoms with Crippen LogP contribution < -0.4 is 0 Å². The first kappa shape index (κ1) is 21.4. The molecule has 0 N–H and O–H groups in total. The molecule has 0 spiro atoms. The van der Waals surface area contributed by atoms with E-state index in [0.29, 0.717) is 12.5 Å². The van der Waals surface area contributed by atoms with E-state index in [1.165, 1.54) is 44.5 Å². The second-order valence-electron chi connectivity index (χ2n) is 9.34. The van der Waals surface area contributed by atoms with Crippen molar-refractivity contribution < 1.29 is 0 Å². The lowest BCUT2D eigenvalue weighted by molar-refractivity contribution is 0.733. The van der Waals surface area contributed by atoms with Gasteiger partial charge in [0, 0.05) is 34.5 Å². The summed E-state index contributed by atoms with van der Waals surface area (Å²) in [4.78, 5) is 4.63. The van der Waals surface area contributed by atoms with Gasteiger partial charge in [0.15, 0.2) is 0 Å². The van der Waals surface area contributed by atoms with Gasteiger partial charge in [0.05, 0.1) is 12.1 Å². The van der Waals surface area contributed by atoms with Crippen molar-refractivity contribution in [1.29, 1.82) is 0 Å². The molecular formula is C33H28N2. The summed E-state index contributed by atoms with van der Waals surface area (Å²) in [5.41, 5.74) is 10.3. The van der Waals surface area contributed by atoms with E-state index < -0.39 is 0 Å². The molecule has 2 nitrogen and oxygen atoms in total. The van der Waals surface area contributed by atoms with Crippen LogP contribution >= 0.6 is 0 Å². The average Bonchev–Trinajstić information content (AvgIpc) is 3.25. The Morgan fingerprint density at radius 3 is 2.26 bits per heavy atom. The summed E-state index contributed by atoms with van der Waals surface area (Å²) < 4.78 is 2.46. The molecule has 1 aromatic heterocycles. The van der Waals surface area contributed by atoms with Gasteiger partial charge in [-0.2, -0.15) is 0 Å². The third-order valence-electron chi connectivity index (χ3n) is 6.92. The SMILES string of the molecule is CC1CC(c2ccccc2)=Cc2c1n(-c1ccc(C/N=C\c3ccccc3)cc1)c1ccccc21. The molecular weight excluding hydrogens is 424 g/mol. The van der Waals surface area contributed by atoms with Gasteiger partial charge >= 0.3 is 0 Å². The van der Waals surface area contributed by atoms with E-state index in [1.54, 1.807) is 0 Å². The van der Waals surface area contributed by atoms with Crippen LogP contribution in [0.1, 0.15) is 47.2 Å². The van der Waals surface area contributed by atoms with E-state index in [4.69, 9.17) is 0 Å². The van der Waals surface area contributed by atoms with E-state index in [1.807, 2.05) is 24.4 Å². The molecule has 1 atom stereocenters. The summed E-state index contributed by atoms with van der Waals surface area (Å²) in [7, 11) is 0. The van der Waals surface area contributed by atoms with Crippen LogP contribution in [0.3, 0.4) is 0 Å². The van der Waals surface area contributed by atoms with Crippen molar-refractivity contribution in [1.82, 2.24) is 4.57 Å². The zero-order valence-corrected chi connectivity index (χ0v) is 19.9. The number of allylic oxidation sites excluding steroid dienone is 1. The van der Waals surface area contributed by atoms with Crippen molar-refractivity contribution in [3.8, 4) is 5.69 Å². The molecule has 0 fully saturated rings. The minimum Gasteiger partial charge on any atom is -0.313 e. The van der Waals surface area contributed by atoms with Gasteiger partial charge in [0.2, 0.25) is 0 Å². The first-order chi connectivity index (χ1) is 17.3. The molecule has 6 rings (SSSR count). The van der Waals surface area contributed by atoms with Gasteiger partial charge in [-0.15, -0.1) is 0 Å². The minimum atomic E-state index is 0.424.